The number of fused-ring (bicyclic) bond motifs is 3. The van der Waals surface area contributed by atoms with Crippen LogP contribution in [0.3, 0.4) is 0 Å². The molecule has 2 amide bonds. The number of nitrogens with zero attached hydrogens (tertiary/aromatic N) is 1. The second-order valence-electron chi connectivity index (χ2n) is 9.78. The molecule has 0 aromatic heterocycles. The highest BCUT2D eigenvalue weighted by molar-refractivity contribution is 5.79. The minimum atomic E-state index is -0.907. The number of nitrogens with one attached hydrogen (secondary N) is 1. The van der Waals surface area contributed by atoms with E-state index in [1.54, 1.807) is 4.90 Å². The van der Waals surface area contributed by atoms with E-state index in [2.05, 4.69) is 43.4 Å². The van der Waals surface area contributed by atoms with Crippen molar-refractivity contribution in [2.24, 2.45) is 5.41 Å². The molecule has 0 unspecified atom stereocenters. The van der Waals surface area contributed by atoms with Crippen LogP contribution in [0.5, 0.6) is 0 Å². The minimum Gasteiger partial charge on any atom is -0.481 e. The fourth-order valence-corrected chi connectivity index (χ4v) is 4.57. The summed E-state index contributed by atoms with van der Waals surface area (Å²) >= 11 is 0. The van der Waals surface area contributed by atoms with Crippen LogP contribution < -0.4 is 5.32 Å². The molecule has 2 N–H and O–H groups in total. The van der Waals surface area contributed by atoms with Gasteiger partial charge in [0.05, 0.1) is 6.42 Å². The van der Waals surface area contributed by atoms with Gasteiger partial charge in [-0.3, -0.25) is 9.59 Å². The van der Waals surface area contributed by atoms with Gasteiger partial charge >= 0.3 is 12.1 Å². The Bertz CT molecular complexity index is 1000. The second kappa shape index (κ2) is 11.9. The zero-order chi connectivity index (χ0) is 25.4. The first-order chi connectivity index (χ1) is 16.7. The lowest BCUT2D eigenvalue weighted by atomic mass is 9.84. The van der Waals surface area contributed by atoms with Crippen molar-refractivity contribution >= 4 is 18.0 Å². The third-order valence-corrected chi connectivity index (χ3v) is 6.76. The highest BCUT2D eigenvalue weighted by Gasteiger charge is 2.29. The standard InChI is InChI=1S/C28H36N2O5/c1-4-30(18-14-26(32)33)25(31)13-15-28(2,3)16-17-29-27(34)35-19-24-22-11-7-5-9-20(22)21-10-6-8-12-23(21)24/h5-12,24H,4,13-19H2,1-3H3,(H,29,34)(H,32,33). The molecular formula is C28H36N2O5. The van der Waals surface area contributed by atoms with Gasteiger partial charge in [0.2, 0.25) is 5.91 Å². The first kappa shape index (κ1) is 26.3. The number of carboxylic acids is 1. The molecule has 0 fully saturated rings. The third kappa shape index (κ3) is 7.07. The maximum absolute atomic E-state index is 12.4. The van der Waals surface area contributed by atoms with Crippen LogP contribution in [0.1, 0.15) is 63.5 Å². The normalized spacial score (nSPS) is 12.5. The number of alkyl carbamates (subject to hydrolysis) is 1. The maximum Gasteiger partial charge on any atom is 0.407 e. The molecule has 0 spiro atoms. The van der Waals surface area contributed by atoms with Crippen molar-refractivity contribution < 1.29 is 24.2 Å². The Kier molecular flexibility index (Phi) is 8.90. The van der Waals surface area contributed by atoms with E-state index in [0.29, 0.717) is 32.4 Å². The van der Waals surface area contributed by atoms with Crippen molar-refractivity contribution in [1.29, 1.82) is 0 Å². The van der Waals surface area contributed by atoms with Gasteiger partial charge in [0, 0.05) is 32.0 Å². The monoisotopic (exact) mass is 480 g/mol. The summed E-state index contributed by atoms with van der Waals surface area (Å²) in [7, 11) is 0. The molecule has 7 nitrogen and oxygen atoms in total. The van der Waals surface area contributed by atoms with Crippen LogP contribution >= 0.6 is 0 Å². The predicted molar refractivity (Wildman–Crippen MR) is 135 cm³/mol. The van der Waals surface area contributed by atoms with E-state index in [0.717, 1.165) is 0 Å². The number of rotatable bonds is 12. The highest BCUT2D eigenvalue weighted by Crippen LogP contribution is 2.44. The lowest BCUT2D eigenvalue weighted by molar-refractivity contribution is -0.138. The molecule has 0 saturated heterocycles. The van der Waals surface area contributed by atoms with Gasteiger partial charge in [-0.1, -0.05) is 62.4 Å². The summed E-state index contributed by atoms with van der Waals surface area (Å²) in [5.41, 5.74) is 4.59. The molecule has 35 heavy (non-hydrogen) atoms. The third-order valence-electron chi connectivity index (χ3n) is 6.76. The predicted octanol–water partition coefficient (Wildman–Crippen LogP) is 5.04. The van der Waals surface area contributed by atoms with E-state index in [1.165, 1.54) is 22.3 Å². The van der Waals surface area contributed by atoms with Crippen molar-refractivity contribution in [2.75, 3.05) is 26.2 Å². The van der Waals surface area contributed by atoms with Crippen molar-refractivity contribution in [3.05, 3.63) is 59.7 Å². The number of benzene rings is 2. The Morgan fingerprint density at radius 2 is 1.57 bits per heavy atom. The van der Waals surface area contributed by atoms with Crippen LogP contribution in [0.25, 0.3) is 11.1 Å². The van der Waals surface area contributed by atoms with Crippen LogP contribution in [0.2, 0.25) is 0 Å². The molecule has 7 heteroatoms. The number of carbonyl (C=O) groups is 3. The summed E-state index contributed by atoms with van der Waals surface area (Å²) in [4.78, 5) is 37.2. The maximum atomic E-state index is 12.4. The average molecular weight is 481 g/mol. The Morgan fingerprint density at radius 1 is 0.971 bits per heavy atom. The van der Waals surface area contributed by atoms with Gasteiger partial charge in [-0.05, 0) is 47.4 Å². The molecule has 1 aliphatic carbocycles. The van der Waals surface area contributed by atoms with Crippen molar-refractivity contribution in [2.45, 2.75) is 52.4 Å². The summed E-state index contributed by atoms with van der Waals surface area (Å²) < 4.78 is 5.59. The first-order valence-corrected chi connectivity index (χ1v) is 12.3. The van der Waals surface area contributed by atoms with E-state index in [9.17, 15) is 14.4 Å². The Labute approximate surface area is 207 Å². The van der Waals surface area contributed by atoms with E-state index >= 15 is 0 Å². The smallest absolute Gasteiger partial charge is 0.407 e. The summed E-state index contributed by atoms with van der Waals surface area (Å²) in [6.45, 7) is 7.43. The van der Waals surface area contributed by atoms with E-state index < -0.39 is 12.1 Å². The molecule has 1 aliphatic rings. The molecule has 188 valence electrons. The van der Waals surface area contributed by atoms with E-state index in [-0.39, 0.29) is 36.8 Å². The number of carboxylic acid groups (broad SMARTS) is 1. The lowest BCUT2D eigenvalue weighted by Gasteiger charge is -2.26. The highest BCUT2D eigenvalue weighted by atomic mass is 16.5. The molecule has 0 radical (unpaired) electrons. The topological polar surface area (TPSA) is 95.9 Å². The van der Waals surface area contributed by atoms with Gasteiger partial charge in [0.25, 0.3) is 0 Å². The zero-order valence-electron chi connectivity index (χ0n) is 20.9. The molecule has 0 atom stereocenters. The van der Waals surface area contributed by atoms with Gasteiger partial charge in [-0.25, -0.2) is 4.79 Å². The van der Waals surface area contributed by atoms with Crippen LogP contribution in [0, 0.1) is 5.41 Å². The van der Waals surface area contributed by atoms with Crippen LogP contribution in [0.4, 0.5) is 4.79 Å². The van der Waals surface area contributed by atoms with E-state index in [1.807, 2.05) is 31.2 Å². The van der Waals surface area contributed by atoms with E-state index in [4.69, 9.17) is 9.84 Å². The number of amides is 2. The van der Waals surface area contributed by atoms with Gasteiger partial charge in [-0.2, -0.15) is 0 Å². The fourth-order valence-electron chi connectivity index (χ4n) is 4.57. The van der Waals surface area contributed by atoms with Crippen LogP contribution in [0.15, 0.2) is 48.5 Å². The SMILES string of the molecule is CCN(CCC(=O)O)C(=O)CCC(C)(C)CCNC(=O)OCC1c2ccccc2-c2ccccc21. The molecular weight excluding hydrogens is 444 g/mol. The second-order valence-corrected chi connectivity index (χ2v) is 9.78. The van der Waals surface area contributed by atoms with Gasteiger partial charge in [0.1, 0.15) is 6.61 Å². The number of hydrogen-bond donors (Lipinski definition) is 2. The van der Waals surface area contributed by atoms with Crippen molar-refractivity contribution in [3.63, 3.8) is 0 Å². The zero-order valence-corrected chi connectivity index (χ0v) is 20.9. The van der Waals surface area contributed by atoms with Crippen LogP contribution in [-0.2, 0) is 14.3 Å². The number of aliphatic carboxylic acids is 1. The number of hydrogen-bond acceptors (Lipinski definition) is 4. The molecule has 0 heterocycles. The summed E-state index contributed by atoms with van der Waals surface area (Å²) in [5, 5.41) is 11.7. The Hall–Kier alpha value is -3.35. The Morgan fingerprint density at radius 3 is 2.14 bits per heavy atom. The molecule has 3 rings (SSSR count). The number of ether oxygens (including phenoxy) is 1. The van der Waals surface area contributed by atoms with Crippen molar-refractivity contribution in [3.8, 4) is 11.1 Å². The molecule has 0 aliphatic heterocycles. The summed E-state index contributed by atoms with van der Waals surface area (Å²) in [5.74, 6) is -0.916. The molecule has 2 aromatic rings. The van der Waals surface area contributed by atoms with Crippen molar-refractivity contribution in [1.82, 2.24) is 10.2 Å². The van der Waals surface area contributed by atoms with Gasteiger partial charge in [0.15, 0.2) is 0 Å². The van der Waals surface area contributed by atoms with Gasteiger partial charge < -0.3 is 20.1 Å². The van der Waals surface area contributed by atoms with Crippen LogP contribution in [-0.4, -0.2) is 54.2 Å². The quantitative estimate of drug-likeness (QED) is 0.443. The number of carbonyl (C=O) groups excluding carboxylic acids is 2. The first-order valence-electron chi connectivity index (χ1n) is 12.3. The average Bonchev–Trinajstić information content (AvgIpc) is 3.15. The van der Waals surface area contributed by atoms with Gasteiger partial charge in [-0.15, -0.1) is 0 Å². The Balaban J connectivity index is 1.42. The minimum absolute atomic E-state index is 0.0261. The summed E-state index contributed by atoms with van der Waals surface area (Å²) in [6.07, 6.45) is 1.22. The lowest BCUT2D eigenvalue weighted by Crippen LogP contribution is -2.34. The fraction of sp³-hybridized carbons (Fsp3) is 0.464. The molecule has 2 aromatic carbocycles. The summed E-state index contributed by atoms with van der Waals surface area (Å²) in [6, 6.07) is 16.5. The molecule has 0 bridgehead atoms. The largest absolute Gasteiger partial charge is 0.481 e. The molecule has 0 saturated carbocycles.